The van der Waals surface area contributed by atoms with E-state index in [2.05, 4.69) is 4.98 Å². The molecule has 1 aromatic carbocycles. The second-order valence-corrected chi connectivity index (χ2v) is 4.23. The molecular formula is C15H15NO. The summed E-state index contributed by atoms with van der Waals surface area (Å²) < 4.78 is 0. The van der Waals surface area contributed by atoms with Gasteiger partial charge >= 0.3 is 0 Å². The van der Waals surface area contributed by atoms with Gasteiger partial charge in [-0.3, -0.25) is 9.78 Å². The Hall–Kier alpha value is -1.96. The van der Waals surface area contributed by atoms with Crippen LogP contribution in [0, 0.1) is 6.92 Å². The maximum absolute atomic E-state index is 12.2. The van der Waals surface area contributed by atoms with Crippen LogP contribution in [0.3, 0.4) is 0 Å². The van der Waals surface area contributed by atoms with Gasteiger partial charge in [-0.25, -0.2) is 0 Å². The molecule has 2 aromatic rings. The van der Waals surface area contributed by atoms with E-state index in [9.17, 15) is 4.79 Å². The van der Waals surface area contributed by atoms with E-state index in [1.165, 1.54) is 0 Å². The lowest BCUT2D eigenvalue weighted by molar-refractivity contribution is 0.0966. The summed E-state index contributed by atoms with van der Waals surface area (Å²) in [7, 11) is 0. The highest BCUT2D eigenvalue weighted by Gasteiger charge is 2.16. The first kappa shape index (κ1) is 11.5. The molecule has 0 bridgehead atoms. The maximum Gasteiger partial charge on any atom is 0.170 e. The molecule has 0 aliphatic heterocycles. The summed E-state index contributed by atoms with van der Waals surface area (Å²) in [5.74, 6) is 0.0249. The molecular weight excluding hydrogens is 210 g/mol. The summed E-state index contributed by atoms with van der Waals surface area (Å²) in [6, 6.07) is 11.5. The molecule has 0 saturated carbocycles. The summed E-state index contributed by atoms with van der Waals surface area (Å²) in [6.07, 6.45) is 3.43. The summed E-state index contributed by atoms with van der Waals surface area (Å²) in [4.78, 5) is 16.2. The first-order valence-corrected chi connectivity index (χ1v) is 5.69. The van der Waals surface area contributed by atoms with E-state index in [1.807, 2.05) is 50.2 Å². The van der Waals surface area contributed by atoms with Crippen molar-refractivity contribution < 1.29 is 4.79 Å². The van der Waals surface area contributed by atoms with Gasteiger partial charge in [0.15, 0.2) is 5.78 Å². The molecule has 1 unspecified atom stereocenters. The van der Waals surface area contributed by atoms with E-state index in [0.29, 0.717) is 0 Å². The van der Waals surface area contributed by atoms with Crippen LogP contribution < -0.4 is 0 Å². The van der Waals surface area contributed by atoms with Gasteiger partial charge in [0.1, 0.15) is 0 Å². The van der Waals surface area contributed by atoms with Crippen LogP contribution in [0.4, 0.5) is 0 Å². The van der Waals surface area contributed by atoms with Gasteiger partial charge in [0.2, 0.25) is 0 Å². The first-order valence-electron chi connectivity index (χ1n) is 5.69. The molecule has 17 heavy (non-hydrogen) atoms. The van der Waals surface area contributed by atoms with E-state index in [1.54, 1.807) is 12.4 Å². The van der Waals surface area contributed by atoms with Crippen LogP contribution in [0.5, 0.6) is 0 Å². The highest BCUT2D eigenvalue weighted by Crippen LogP contribution is 2.19. The number of aromatic nitrogens is 1. The molecule has 0 aliphatic carbocycles. The fourth-order valence-electron chi connectivity index (χ4n) is 1.77. The molecule has 0 spiro atoms. The SMILES string of the molecule is Cc1ccc(C(=O)C(C)c2ccncc2)cc1. The average molecular weight is 225 g/mol. The zero-order chi connectivity index (χ0) is 12.3. The van der Waals surface area contributed by atoms with E-state index in [4.69, 9.17) is 0 Å². The van der Waals surface area contributed by atoms with Crippen LogP contribution in [-0.2, 0) is 0 Å². The molecule has 2 heteroatoms. The Bertz CT molecular complexity index is 502. The molecule has 86 valence electrons. The Balaban J connectivity index is 2.23. The molecule has 2 nitrogen and oxygen atoms in total. The van der Waals surface area contributed by atoms with Crippen molar-refractivity contribution in [2.24, 2.45) is 0 Å². The fourth-order valence-corrected chi connectivity index (χ4v) is 1.77. The van der Waals surface area contributed by atoms with E-state index in [0.717, 1.165) is 16.7 Å². The summed E-state index contributed by atoms with van der Waals surface area (Å²) in [5, 5.41) is 0. The lowest BCUT2D eigenvalue weighted by atomic mass is 9.93. The Kier molecular flexibility index (Phi) is 3.33. The van der Waals surface area contributed by atoms with Crippen molar-refractivity contribution in [3.8, 4) is 0 Å². The number of hydrogen-bond acceptors (Lipinski definition) is 2. The number of aryl methyl sites for hydroxylation is 1. The van der Waals surface area contributed by atoms with Gasteiger partial charge in [0.25, 0.3) is 0 Å². The van der Waals surface area contributed by atoms with Gasteiger partial charge in [-0.2, -0.15) is 0 Å². The fraction of sp³-hybridized carbons (Fsp3) is 0.200. The molecule has 0 N–H and O–H groups in total. The summed E-state index contributed by atoms with van der Waals surface area (Å²) >= 11 is 0. The number of nitrogens with zero attached hydrogens (tertiary/aromatic N) is 1. The van der Waals surface area contributed by atoms with Crippen molar-refractivity contribution in [3.05, 3.63) is 65.5 Å². The van der Waals surface area contributed by atoms with Gasteiger partial charge in [0, 0.05) is 23.9 Å². The number of hydrogen-bond donors (Lipinski definition) is 0. The van der Waals surface area contributed by atoms with Gasteiger partial charge in [0.05, 0.1) is 0 Å². The van der Waals surface area contributed by atoms with Gasteiger partial charge in [-0.05, 0) is 24.6 Å². The van der Waals surface area contributed by atoms with Crippen LogP contribution in [0.1, 0.15) is 34.3 Å². The Morgan fingerprint density at radius 2 is 1.65 bits per heavy atom. The zero-order valence-electron chi connectivity index (χ0n) is 10.1. The van der Waals surface area contributed by atoms with Gasteiger partial charge in [-0.15, -0.1) is 0 Å². The normalized spacial score (nSPS) is 12.1. The van der Waals surface area contributed by atoms with Gasteiger partial charge in [-0.1, -0.05) is 36.8 Å². The van der Waals surface area contributed by atoms with Crippen LogP contribution in [0.25, 0.3) is 0 Å². The number of Topliss-reactive ketones (excluding diaryl/α,β-unsaturated/α-hetero) is 1. The lowest BCUT2D eigenvalue weighted by Gasteiger charge is -2.10. The molecule has 0 amide bonds. The molecule has 0 fully saturated rings. The topological polar surface area (TPSA) is 30.0 Å². The van der Waals surface area contributed by atoms with E-state index in [-0.39, 0.29) is 11.7 Å². The van der Waals surface area contributed by atoms with Crippen molar-refractivity contribution in [2.75, 3.05) is 0 Å². The van der Waals surface area contributed by atoms with Crippen molar-refractivity contribution >= 4 is 5.78 Å². The third kappa shape index (κ3) is 2.59. The number of carbonyl (C=O) groups excluding carboxylic acids is 1. The third-order valence-corrected chi connectivity index (χ3v) is 2.94. The zero-order valence-corrected chi connectivity index (χ0v) is 10.1. The average Bonchev–Trinajstić information content (AvgIpc) is 2.39. The van der Waals surface area contributed by atoms with Crippen molar-refractivity contribution in [1.29, 1.82) is 0 Å². The number of benzene rings is 1. The number of carbonyl (C=O) groups is 1. The molecule has 2 rings (SSSR count). The highest BCUT2D eigenvalue weighted by atomic mass is 16.1. The molecule has 1 aromatic heterocycles. The van der Waals surface area contributed by atoms with Crippen LogP contribution in [0.15, 0.2) is 48.8 Å². The van der Waals surface area contributed by atoms with Gasteiger partial charge < -0.3 is 0 Å². The molecule has 1 atom stereocenters. The number of ketones is 1. The largest absolute Gasteiger partial charge is 0.294 e. The molecule has 0 radical (unpaired) electrons. The minimum absolute atomic E-state index is 0.124. The molecule has 0 saturated heterocycles. The first-order chi connectivity index (χ1) is 8.18. The lowest BCUT2D eigenvalue weighted by Crippen LogP contribution is -2.09. The van der Waals surface area contributed by atoms with E-state index >= 15 is 0 Å². The maximum atomic E-state index is 12.2. The minimum Gasteiger partial charge on any atom is -0.294 e. The Morgan fingerprint density at radius 1 is 1.06 bits per heavy atom. The summed E-state index contributed by atoms with van der Waals surface area (Å²) in [5.41, 5.74) is 2.93. The number of rotatable bonds is 3. The predicted molar refractivity (Wildman–Crippen MR) is 68.2 cm³/mol. The van der Waals surface area contributed by atoms with Crippen molar-refractivity contribution in [3.63, 3.8) is 0 Å². The van der Waals surface area contributed by atoms with Crippen molar-refractivity contribution in [2.45, 2.75) is 19.8 Å². The molecule has 0 aliphatic rings. The Labute approximate surface area is 101 Å². The minimum atomic E-state index is -0.124. The Morgan fingerprint density at radius 3 is 2.24 bits per heavy atom. The highest BCUT2D eigenvalue weighted by molar-refractivity contribution is 6.00. The smallest absolute Gasteiger partial charge is 0.170 e. The van der Waals surface area contributed by atoms with E-state index < -0.39 is 0 Å². The second-order valence-electron chi connectivity index (χ2n) is 4.23. The summed E-state index contributed by atoms with van der Waals surface area (Å²) in [6.45, 7) is 3.94. The quantitative estimate of drug-likeness (QED) is 0.749. The third-order valence-electron chi connectivity index (χ3n) is 2.94. The molecule has 1 heterocycles. The monoisotopic (exact) mass is 225 g/mol. The van der Waals surface area contributed by atoms with Crippen LogP contribution in [0.2, 0.25) is 0 Å². The van der Waals surface area contributed by atoms with Crippen molar-refractivity contribution in [1.82, 2.24) is 4.98 Å². The second kappa shape index (κ2) is 4.91. The standard InChI is InChI=1S/C15H15NO/c1-11-3-5-14(6-4-11)15(17)12(2)13-7-9-16-10-8-13/h3-10,12H,1-2H3. The number of pyridine rings is 1. The predicted octanol–water partition coefficient (Wildman–Crippen LogP) is 3.38. The van der Waals surface area contributed by atoms with Crippen LogP contribution in [-0.4, -0.2) is 10.8 Å². The van der Waals surface area contributed by atoms with Crippen LogP contribution >= 0.6 is 0 Å².